The second-order valence-electron chi connectivity index (χ2n) is 3.47. The van der Waals surface area contributed by atoms with Gasteiger partial charge in [0, 0.05) is 6.07 Å². The lowest BCUT2D eigenvalue weighted by Crippen LogP contribution is -2.20. The Morgan fingerprint density at radius 1 is 1.29 bits per heavy atom. The Bertz CT molecular complexity index is 540. The zero-order valence-electron chi connectivity index (χ0n) is 10.2. The van der Waals surface area contributed by atoms with Crippen LogP contribution in [0.5, 0.6) is 11.5 Å². The Labute approximate surface area is 113 Å². The molecule has 1 rings (SSSR count). The van der Waals surface area contributed by atoms with Crippen molar-refractivity contribution < 1.29 is 45.7 Å². The Kier molecular flexibility index (Phi) is 4.54. The molecule has 0 spiro atoms. The molecule has 0 unspecified atom stereocenters. The maximum Gasteiger partial charge on any atom is 0.573 e. The van der Waals surface area contributed by atoms with Crippen LogP contribution in [0.2, 0.25) is 0 Å². The van der Waals surface area contributed by atoms with Crippen molar-refractivity contribution in [2.45, 2.75) is 19.5 Å². The van der Waals surface area contributed by atoms with E-state index in [1.54, 1.807) is 0 Å². The molecule has 0 saturated carbocycles. The molecule has 0 atom stereocenters. The smallest absolute Gasteiger partial charge is 0.503 e. The minimum absolute atomic E-state index is 0.204. The standard InChI is InChI=1S/C10H7F6NO4/c1-2-20-8(19)4-3-5(21-10(14,15)16)6(18)7(17-4)9(11,12)13/h3,18H,2H2,1H3. The van der Waals surface area contributed by atoms with E-state index in [1.807, 2.05) is 0 Å². The maximum absolute atomic E-state index is 12.6. The van der Waals surface area contributed by atoms with Gasteiger partial charge in [-0.15, -0.1) is 13.2 Å². The molecule has 0 aliphatic carbocycles. The number of nitrogens with zero attached hydrogens (tertiary/aromatic N) is 1. The van der Waals surface area contributed by atoms with E-state index < -0.39 is 41.4 Å². The van der Waals surface area contributed by atoms with Gasteiger partial charge in [-0.05, 0) is 6.92 Å². The predicted molar refractivity (Wildman–Crippen MR) is 53.5 cm³/mol. The second-order valence-corrected chi connectivity index (χ2v) is 3.47. The summed E-state index contributed by atoms with van der Waals surface area (Å²) in [5.41, 5.74) is -3.17. The van der Waals surface area contributed by atoms with E-state index in [0.29, 0.717) is 0 Å². The van der Waals surface area contributed by atoms with E-state index in [4.69, 9.17) is 5.11 Å². The number of hydrogen-bond acceptors (Lipinski definition) is 5. The van der Waals surface area contributed by atoms with Gasteiger partial charge in [0.05, 0.1) is 6.61 Å². The van der Waals surface area contributed by atoms with Gasteiger partial charge in [-0.1, -0.05) is 0 Å². The topological polar surface area (TPSA) is 68.7 Å². The molecule has 0 aromatic carbocycles. The van der Waals surface area contributed by atoms with Crippen molar-refractivity contribution in [2.24, 2.45) is 0 Å². The third kappa shape index (κ3) is 4.39. The van der Waals surface area contributed by atoms with Gasteiger partial charge in [-0.25, -0.2) is 9.78 Å². The highest BCUT2D eigenvalue weighted by Gasteiger charge is 2.41. The number of pyridine rings is 1. The van der Waals surface area contributed by atoms with Gasteiger partial charge >= 0.3 is 18.5 Å². The molecule has 1 N–H and O–H groups in total. The summed E-state index contributed by atoms with van der Waals surface area (Å²) < 4.78 is 81.5. The second kappa shape index (κ2) is 5.66. The minimum Gasteiger partial charge on any atom is -0.503 e. The highest BCUT2D eigenvalue weighted by Crippen LogP contribution is 2.41. The van der Waals surface area contributed by atoms with Crippen molar-refractivity contribution in [3.05, 3.63) is 17.5 Å². The zero-order valence-corrected chi connectivity index (χ0v) is 10.2. The number of aromatic hydroxyl groups is 1. The van der Waals surface area contributed by atoms with E-state index in [9.17, 15) is 31.1 Å². The summed E-state index contributed by atoms with van der Waals surface area (Å²) in [6.45, 7) is 1.09. The van der Waals surface area contributed by atoms with Gasteiger partial charge in [0.1, 0.15) is 0 Å². The fourth-order valence-electron chi connectivity index (χ4n) is 1.22. The molecule has 0 bridgehead atoms. The van der Waals surface area contributed by atoms with Crippen molar-refractivity contribution in [1.29, 1.82) is 0 Å². The number of aromatic nitrogens is 1. The lowest BCUT2D eigenvalue weighted by Gasteiger charge is -2.15. The molecule has 0 aliphatic heterocycles. The largest absolute Gasteiger partial charge is 0.573 e. The number of carbonyl (C=O) groups is 1. The first-order valence-corrected chi connectivity index (χ1v) is 5.19. The summed E-state index contributed by atoms with van der Waals surface area (Å²) in [4.78, 5) is 14.0. The van der Waals surface area contributed by atoms with Crippen molar-refractivity contribution in [3.63, 3.8) is 0 Å². The van der Waals surface area contributed by atoms with E-state index >= 15 is 0 Å². The average Bonchev–Trinajstić information content (AvgIpc) is 2.28. The third-order valence-corrected chi connectivity index (χ3v) is 1.94. The molecule has 118 valence electrons. The molecule has 1 aromatic heterocycles. The monoisotopic (exact) mass is 319 g/mol. The molecule has 0 saturated heterocycles. The number of ether oxygens (including phenoxy) is 2. The van der Waals surface area contributed by atoms with E-state index in [1.165, 1.54) is 6.92 Å². The van der Waals surface area contributed by atoms with Crippen molar-refractivity contribution in [2.75, 3.05) is 6.61 Å². The normalized spacial score (nSPS) is 12.1. The molecule has 21 heavy (non-hydrogen) atoms. The van der Waals surface area contributed by atoms with Crippen molar-refractivity contribution in [3.8, 4) is 11.5 Å². The van der Waals surface area contributed by atoms with Crippen LogP contribution in [0.15, 0.2) is 6.07 Å². The van der Waals surface area contributed by atoms with Crippen LogP contribution >= 0.6 is 0 Å². The highest BCUT2D eigenvalue weighted by atomic mass is 19.4. The summed E-state index contributed by atoms with van der Waals surface area (Å²) in [6, 6.07) is 0.204. The number of rotatable bonds is 3. The molecule has 0 radical (unpaired) electrons. The van der Waals surface area contributed by atoms with Gasteiger partial charge in [0.2, 0.25) is 0 Å². The van der Waals surface area contributed by atoms with Crippen LogP contribution in [-0.2, 0) is 10.9 Å². The van der Waals surface area contributed by atoms with Crippen LogP contribution in [0.4, 0.5) is 26.3 Å². The van der Waals surface area contributed by atoms with E-state index in [-0.39, 0.29) is 12.7 Å². The lowest BCUT2D eigenvalue weighted by atomic mass is 10.2. The van der Waals surface area contributed by atoms with E-state index in [2.05, 4.69) is 14.5 Å². The molecule has 0 fully saturated rings. The van der Waals surface area contributed by atoms with Gasteiger partial charge in [-0.2, -0.15) is 13.2 Å². The van der Waals surface area contributed by atoms with Crippen LogP contribution < -0.4 is 4.74 Å². The van der Waals surface area contributed by atoms with Crippen molar-refractivity contribution in [1.82, 2.24) is 4.98 Å². The molecule has 0 amide bonds. The van der Waals surface area contributed by atoms with Gasteiger partial charge < -0.3 is 14.6 Å². The average molecular weight is 319 g/mol. The molecular weight excluding hydrogens is 312 g/mol. The number of hydrogen-bond donors (Lipinski definition) is 1. The van der Waals surface area contributed by atoms with Crippen LogP contribution in [0, 0.1) is 0 Å². The summed E-state index contributed by atoms with van der Waals surface area (Å²) in [6.07, 6.45) is -10.7. The molecular formula is C10H7F6NO4. The highest BCUT2D eigenvalue weighted by molar-refractivity contribution is 5.88. The quantitative estimate of drug-likeness (QED) is 0.685. The van der Waals surface area contributed by atoms with Crippen LogP contribution in [-0.4, -0.2) is 29.0 Å². The first-order valence-electron chi connectivity index (χ1n) is 5.19. The summed E-state index contributed by atoms with van der Waals surface area (Å²) in [5.74, 6) is -4.88. The van der Waals surface area contributed by atoms with Gasteiger partial charge in [0.25, 0.3) is 0 Å². The van der Waals surface area contributed by atoms with Gasteiger partial charge in [-0.3, -0.25) is 0 Å². The summed E-state index contributed by atoms with van der Waals surface area (Å²) in [7, 11) is 0. The molecule has 1 aromatic rings. The van der Waals surface area contributed by atoms with Crippen molar-refractivity contribution >= 4 is 5.97 Å². The third-order valence-electron chi connectivity index (χ3n) is 1.94. The Hall–Kier alpha value is -2.20. The SMILES string of the molecule is CCOC(=O)c1cc(OC(F)(F)F)c(O)c(C(F)(F)F)n1. The Morgan fingerprint density at radius 3 is 2.29 bits per heavy atom. The molecule has 1 heterocycles. The molecule has 0 aliphatic rings. The maximum atomic E-state index is 12.6. The first kappa shape index (κ1) is 16.9. The Morgan fingerprint density at radius 2 is 1.86 bits per heavy atom. The fraction of sp³-hybridized carbons (Fsp3) is 0.400. The fourth-order valence-corrected chi connectivity index (χ4v) is 1.22. The van der Waals surface area contributed by atoms with E-state index in [0.717, 1.165) is 0 Å². The Balaban J connectivity index is 3.42. The number of carbonyl (C=O) groups excluding carboxylic acids is 1. The lowest BCUT2D eigenvalue weighted by molar-refractivity contribution is -0.275. The minimum atomic E-state index is -5.37. The van der Waals surface area contributed by atoms with Crippen LogP contribution in [0.3, 0.4) is 0 Å². The molecule has 11 heteroatoms. The number of esters is 1. The number of halogens is 6. The van der Waals surface area contributed by atoms with Gasteiger partial charge in [0.15, 0.2) is 22.9 Å². The predicted octanol–water partition coefficient (Wildman–Crippen LogP) is 2.88. The summed E-state index contributed by atoms with van der Waals surface area (Å²) >= 11 is 0. The first-order chi connectivity index (χ1) is 9.45. The molecule has 5 nitrogen and oxygen atoms in total. The van der Waals surface area contributed by atoms with Crippen LogP contribution in [0.25, 0.3) is 0 Å². The zero-order chi connectivity index (χ0) is 16.4. The van der Waals surface area contributed by atoms with Crippen LogP contribution in [0.1, 0.15) is 23.1 Å². The summed E-state index contributed by atoms with van der Waals surface area (Å²) in [5, 5.41) is 9.16. The number of alkyl halides is 6.